The minimum Gasteiger partial charge on any atom is -0.379 e. The van der Waals surface area contributed by atoms with E-state index in [2.05, 4.69) is 5.32 Å². The topological polar surface area (TPSA) is 58.6 Å². The molecule has 90 valence electrons. The summed E-state index contributed by atoms with van der Waals surface area (Å²) in [6.45, 7) is 1.46. The normalized spacial score (nSPS) is 23.2. The smallest absolute Gasteiger partial charge is 0.257 e. The second-order valence-electron chi connectivity index (χ2n) is 4.04. The molecule has 2 N–H and O–H groups in total. The molecule has 2 aliphatic rings. The number of benzene rings is 1. The number of carbonyl (C=O) groups excluding carboxylic acids is 1. The van der Waals surface area contributed by atoms with Gasteiger partial charge >= 0.3 is 0 Å². The van der Waals surface area contributed by atoms with Crippen molar-refractivity contribution in [2.24, 2.45) is 0 Å². The van der Waals surface area contributed by atoms with E-state index in [0.29, 0.717) is 21.5 Å². The van der Waals surface area contributed by atoms with Crippen LogP contribution in [0.2, 0.25) is 5.02 Å². The summed E-state index contributed by atoms with van der Waals surface area (Å²) in [5, 5.41) is 13.2. The maximum atomic E-state index is 11.3. The van der Waals surface area contributed by atoms with Crippen LogP contribution in [-0.4, -0.2) is 29.5 Å². The van der Waals surface area contributed by atoms with Crippen LogP contribution in [0.15, 0.2) is 17.0 Å². The molecule has 0 aromatic heterocycles. The van der Waals surface area contributed by atoms with Gasteiger partial charge in [0.2, 0.25) is 0 Å². The van der Waals surface area contributed by atoms with Gasteiger partial charge in [-0.15, -0.1) is 11.8 Å². The molecule has 0 spiro atoms. The van der Waals surface area contributed by atoms with E-state index < -0.39 is 12.0 Å². The first kappa shape index (κ1) is 11.3. The first-order valence-electron chi connectivity index (χ1n) is 5.22. The molecule has 1 saturated heterocycles. The zero-order chi connectivity index (χ0) is 12.0. The number of carbonyl (C=O) groups is 1. The highest BCUT2D eigenvalue weighted by Gasteiger charge is 2.30. The highest BCUT2D eigenvalue weighted by molar-refractivity contribution is 8.00. The number of aliphatic hydroxyl groups is 1. The number of hydrogen-bond donors (Lipinski definition) is 2. The SMILES string of the molecule is O=C1Nc2cc(SC3COC3)c(Cl)cc2C1O. The number of hydrogen-bond acceptors (Lipinski definition) is 4. The van der Waals surface area contributed by atoms with Gasteiger partial charge in [-0.3, -0.25) is 4.79 Å². The van der Waals surface area contributed by atoms with Gasteiger partial charge in [0, 0.05) is 16.1 Å². The fourth-order valence-electron chi connectivity index (χ4n) is 1.80. The monoisotopic (exact) mass is 271 g/mol. The van der Waals surface area contributed by atoms with Gasteiger partial charge in [0.1, 0.15) is 0 Å². The molecule has 2 heterocycles. The largest absolute Gasteiger partial charge is 0.379 e. The standard InChI is InChI=1S/C11H10ClNO3S/c12-7-1-6-8(13-11(15)10(6)14)2-9(7)17-5-3-16-4-5/h1-2,5,10,14H,3-4H2,(H,13,15). The van der Waals surface area contributed by atoms with Gasteiger partial charge in [0.25, 0.3) is 5.91 Å². The molecule has 1 aromatic rings. The number of rotatable bonds is 2. The average Bonchev–Trinajstić information content (AvgIpc) is 2.50. The number of anilines is 1. The predicted octanol–water partition coefficient (Wildman–Crippen LogP) is 1.82. The van der Waals surface area contributed by atoms with E-state index in [4.69, 9.17) is 16.3 Å². The molecule has 1 fully saturated rings. The molecule has 2 aliphatic heterocycles. The molecule has 1 aromatic carbocycles. The molecular formula is C11H10ClNO3S. The lowest BCUT2D eigenvalue weighted by Crippen LogP contribution is -2.30. The van der Waals surface area contributed by atoms with Crippen molar-refractivity contribution in [2.75, 3.05) is 18.5 Å². The van der Waals surface area contributed by atoms with Crippen molar-refractivity contribution in [1.82, 2.24) is 0 Å². The van der Waals surface area contributed by atoms with Crippen LogP contribution in [0.5, 0.6) is 0 Å². The van der Waals surface area contributed by atoms with Crippen LogP contribution in [0.3, 0.4) is 0 Å². The molecule has 3 rings (SSSR count). The van der Waals surface area contributed by atoms with E-state index in [-0.39, 0.29) is 0 Å². The van der Waals surface area contributed by atoms with Crippen LogP contribution in [0.4, 0.5) is 5.69 Å². The summed E-state index contributed by atoms with van der Waals surface area (Å²) in [6, 6.07) is 3.47. The number of halogens is 1. The summed E-state index contributed by atoms with van der Waals surface area (Å²) in [7, 11) is 0. The van der Waals surface area contributed by atoms with E-state index in [1.54, 1.807) is 17.8 Å². The van der Waals surface area contributed by atoms with Crippen molar-refractivity contribution in [3.05, 3.63) is 22.7 Å². The van der Waals surface area contributed by atoms with Crippen LogP contribution in [0.25, 0.3) is 0 Å². The molecular weight excluding hydrogens is 262 g/mol. The van der Waals surface area contributed by atoms with Crippen LogP contribution in [0, 0.1) is 0 Å². The Hall–Kier alpha value is -0.750. The fraction of sp³-hybridized carbons (Fsp3) is 0.364. The Bertz CT molecular complexity index is 490. The van der Waals surface area contributed by atoms with E-state index in [9.17, 15) is 9.90 Å². The molecule has 0 saturated carbocycles. The zero-order valence-corrected chi connectivity index (χ0v) is 10.3. The number of aliphatic hydroxyl groups excluding tert-OH is 1. The Kier molecular flexibility index (Phi) is 2.78. The van der Waals surface area contributed by atoms with Gasteiger partial charge < -0.3 is 15.2 Å². The minimum atomic E-state index is -1.10. The number of thioether (sulfide) groups is 1. The third-order valence-corrected chi connectivity index (χ3v) is 4.43. The van der Waals surface area contributed by atoms with Gasteiger partial charge in [-0.1, -0.05) is 11.6 Å². The Morgan fingerprint density at radius 1 is 1.47 bits per heavy atom. The van der Waals surface area contributed by atoms with E-state index >= 15 is 0 Å². The van der Waals surface area contributed by atoms with Gasteiger partial charge in [-0.25, -0.2) is 0 Å². The third-order valence-electron chi connectivity index (χ3n) is 2.81. The third kappa shape index (κ3) is 1.93. The summed E-state index contributed by atoms with van der Waals surface area (Å²) in [6.07, 6.45) is -1.10. The highest BCUT2D eigenvalue weighted by Crippen LogP contribution is 2.40. The molecule has 1 atom stereocenters. The van der Waals surface area contributed by atoms with Crippen molar-refractivity contribution in [2.45, 2.75) is 16.2 Å². The molecule has 0 radical (unpaired) electrons. The number of nitrogens with one attached hydrogen (secondary N) is 1. The molecule has 1 amide bonds. The lowest BCUT2D eigenvalue weighted by atomic mass is 10.1. The van der Waals surface area contributed by atoms with Gasteiger partial charge in [-0.2, -0.15) is 0 Å². The molecule has 6 heteroatoms. The van der Waals surface area contributed by atoms with E-state index in [0.717, 1.165) is 18.1 Å². The first-order chi connectivity index (χ1) is 8.15. The second kappa shape index (κ2) is 4.17. The quantitative estimate of drug-likeness (QED) is 0.861. The van der Waals surface area contributed by atoms with Gasteiger partial charge in [0.05, 0.1) is 23.5 Å². The zero-order valence-electron chi connectivity index (χ0n) is 8.77. The summed E-state index contributed by atoms with van der Waals surface area (Å²) < 4.78 is 5.10. The number of fused-ring (bicyclic) bond motifs is 1. The summed E-state index contributed by atoms with van der Waals surface area (Å²) in [5.74, 6) is -0.398. The predicted molar refractivity (Wildman–Crippen MR) is 65.5 cm³/mol. The van der Waals surface area contributed by atoms with Crippen LogP contribution in [-0.2, 0) is 9.53 Å². The summed E-state index contributed by atoms with van der Waals surface area (Å²) in [4.78, 5) is 12.2. The van der Waals surface area contributed by atoms with Crippen molar-refractivity contribution >= 4 is 35.0 Å². The first-order valence-corrected chi connectivity index (χ1v) is 6.47. The Labute approximate surface area is 107 Å². The maximum absolute atomic E-state index is 11.3. The van der Waals surface area contributed by atoms with Crippen molar-refractivity contribution in [3.8, 4) is 0 Å². The molecule has 17 heavy (non-hydrogen) atoms. The van der Waals surface area contributed by atoms with Gasteiger partial charge in [0.15, 0.2) is 6.10 Å². The maximum Gasteiger partial charge on any atom is 0.257 e. The Morgan fingerprint density at radius 3 is 2.88 bits per heavy atom. The molecule has 1 unspecified atom stereocenters. The Balaban J connectivity index is 1.91. The minimum absolute atomic E-state index is 0.398. The van der Waals surface area contributed by atoms with E-state index in [1.807, 2.05) is 6.07 Å². The average molecular weight is 272 g/mol. The summed E-state index contributed by atoms with van der Waals surface area (Å²) >= 11 is 7.77. The van der Waals surface area contributed by atoms with Crippen molar-refractivity contribution in [1.29, 1.82) is 0 Å². The highest BCUT2D eigenvalue weighted by atomic mass is 35.5. The number of ether oxygens (including phenoxy) is 1. The second-order valence-corrected chi connectivity index (χ2v) is 5.79. The lowest BCUT2D eigenvalue weighted by molar-refractivity contribution is -0.123. The van der Waals surface area contributed by atoms with Crippen molar-refractivity contribution < 1.29 is 14.6 Å². The van der Waals surface area contributed by atoms with Gasteiger partial charge in [-0.05, 0) is 12.1 Å². The molecule has 0 aliphatic carbocycles. The Morgan fingerprint density at radius 2 is 2.24 bits per heavy atom. The lowest BCUT2D eigenvalue weighted by Gasteiger charge is -2.25. The van der Waals surface area contributed by atoms with E-state index in [1.165, 1.54) is 0 Å². The van der Waals surface area contributed by atoms with Crippen molar-refractivity contribution in [3.63, 3.8) is 0 Å². The molecule has 4 nitrogen and oxygen atoms in total. The fourth-order valence-corrected chi connectivity index (χ4v) is 3.15. The molecule has 0 bridgehead atoms. The number of amides is 1. The summed E-state index contributed by atoms with van der Waals surface area (Å²) in [5.41, 5.74) is 1.20. The van der Waals surface area contributed by atoms with Crippen LogP contribution >= 0.6 is 23.4 Å². The van der Waals surface area contributed by atoms with Crippen LogP contribution in [0.1, 0.15) is 11.7 Å². The van der Waals surface area contributed by atoms with Crippen LogP contribution < -0.4 is 5.32 Å².